The predicted octanol–water partition coefficient (Wildman–Crippen LogP) is 5.85. The topological polar surface area (TPSA) is 83.1 Å². The number of ether oxygens (including phenoxy) is 4. The summed E-state index contributed by atoms with van der Waals surface area (Å²) in [5, 5.41) is 0. The molecule has 1 N–H and O–H groups in total. The summed E-state index contributed by atoms with van der Waals surface area (Å²) < 4.78 is 37.4. The maximum Gasteiger partial charge on any atom is 0.306 e. The molecule has 0 amide bonds. The van der Waals surface area contributed by atoms with Gasteiger partial charge in [0, 0.05) is 35.7 Å². The Morgan fingerprint density at radius 1 is 1.07 bits per heavy atom. The molecule has 40 heavy (non-hydrogen) atoms. The summed E-state index contributed by atoms with van der Waals surface area (Å²) in [6, 6.07) is 18.2. The smallest absolute Gasteiger partial charge is 0.306 e. The summed E-state index contributed by atoms with van der Waals surface area (Å²) in [6.07, 6.45) is 1.02. The van der Waals surface area contributed by atoms with E-state index < -0.39 is 11.0 Å². The number of carbonyl (C=O) groups excluding carboxylic acids is 1. The Labute approximate surface area is 243 Å². The van der Waals surface area contributed by atoms with Crippen LogP contribution in [0.5, 0.6) is 17.2 Å². The highest BCUT2D eigenvalue weighted by molar-refractivity contribution is 7.83. The number of aryl methyl sites for hydroxylation is 2. The summed E-state index contributed by atoms with van der Waals surface area (Å²) in [4.78, 5) is 11.7. The van der Waals surface area contributed by atoms with Gasteiger partial charge in [-0.1, -0.05) is 24.3 Å². The minimum Gasteiger partial charge on any atom is -0.492 e. The zero-order chi connectivity index (χ0) is 28.5. The second-order valence-electron chi connectivity index (χ2n) is 9.74. The molecule has 1 aliphatic heterocycles. The van der Waals surface area contributed by atoms with Crippen LogP contribution < -0.4 is 18.9 Å². The lowest BCUT2D eigenvalue weighted by Crippen LogP contribution is -2.25. The van der Waals surface area contributed by atoms with E-state index in [9.17, 15) is 9.00 Å². The van der Waals surface area contributed by atoms with Crippen molar-refractivity contribution in [2.24, 2.45) is 0 Å². The summed E-state index contributed by atoms with van der Waals surface area (Å²) in [6.45, 7) is 5.96. The fourth-order valence-corrected chi connectivity index (χ4v) is 5.98. The van der Waals surface area contributed by atoms with Crippen LogP contribution >= 0.6 is 11.6 Å². The summed E-state index contributed by atoms with van der Waals surface area (Å²) in [5.74, 6) is 3.08. The highest BCUT2D eigenvalue weighted by atomic mass is 35.5. The van der Waals surface area contributed by atoms with E-state index in [1.165, 1.54) is 7.11 Å². The third-order valence-corrected chi connectivity index (χ3v) is 8.18. The van der Waals surface area contributed by atoms with Crippen molar-refractivity contribution in [1.82, 2.24) is 4.72 Å². The fraction of sp³-hybridized carbons (Fsp3) is 0.387. The Morgan fingerprint density at radius 2 is 1.88 bits per heavy atom. The number of methoxy groups -OCH3 is 1. The van der Waals surface area contributed by atoms with Gasteiger partial charge < -0.3 is 18.9 Å². The quantitative estimate of drug-likeness (QED) is 0.145. The Bertz CT molecular complexity index is 1320. The van der Waals surface area contributed by atoms with Crippen molar-refractivity contribution in [3.8, 4) is 28.4 Å². The standard InChI is InChI=1S/C31H36ClNO6S/c1-21-14-27(37-12-11-33-40(35)13-5-10-32)15-22(2)31(21)24-7-4-6-23(16-24)19-38-26-8-9-28-25(17-30(34)36-3)20-39-29(28)18-26/h4,6-9,14-16,18,25,33H,5,10-13,17,19-20H2,1-3H3. The van der Waals surface area contributed by atoms with Crippen LogP contribution in [0.1, 0.15) is 41.0 Å². The van der Waals surface area contributed by atoms with Gasteiger partial charge in [-0.3, -0.25) is 4.79 Å². The molecule has 3 aromatic rings. The second-order valence-corrected chi connectivity index (χ2v) is 11.5. The van der Waals surface area contributed by atoms with Crippen molar-refractivity contribution in [3.05, 3.63) is 76.9 Å². The maximum absolute atomic E-state index is 11.8. The van der Waals surface area contributed by atoms with Gasteiger partial charge in [-0.25, -0.2) is 8.93 Å². The number of hydrogen-bond acceptors (Lipinski definition) is 6. The molecule has 2 atom stereocenters. The molecular weight excluding hydrogens is 550 g/mol. The van der Waals surface area contributed by atoms with Gasteiger partial charge in [0.2, 0.25) is 0 Å². The number of fused-ring (bicyclic) bond motifs is 1. The normalized spacial score (nSPS) is 14.8. The third-order valence-electron chi connectivity index (χ3n) is 6.73. The predicted molar refractivity (Wildman–Crippen MR) is 159 cm³/mol. The molecule has 0 radical (unpaired) electrons. The van der Waals surface area contributed by atoms with E-state index in [0.717, 1.165) is 51.3 Å². The zero-order valence-electron chi connectivity index (χ0n) is 23.2. The number of hydrogen-bond donors (Lipinski definition) is 1. The Morgan fingerprint density at radius 3 is 2.62 bits per heavy atom. The van der Waals surface area contributed by atoms with Crippen LogP contribution in [0.15, 0.2) is 54.6 Å². The highest BCUT2D eigenvalue weighted by Gasteiger charge is 2.27. The van der Waals surface area contributed by atoms with Crippen LogP contribution in [0, 0.1) is 13.8 Å². The molecule has 0 saturated carbocycles. The lowest BCUT2D eigenvalue weighted by atomic mass is 9.94. The largest absolute Gasteiger partial charge is 0.492 e. The van der Waals surface area contributed by atoms with Crippen molar-refractivity contribution in [2.45, 2.75) is 39.2 Å². The number of carbonyl (C=O) groups is 1. The molecule has 4 rings (SSSR count). The van der Waals surface area contributed by atoms with E-state index in [1.807, 2.05) is 42.5 Å². The van der Waals surface area contributed by atoms with Crippen molar-refractivity contribution < 1.29 is 28.0 Å². The van der Waals surface area contributed by atoms with Crippen LogP contribution in [0.25, 0.3) is 11.1 Å². The molecule has 0 fully saturated rings. The molecular formula is C31H36ClNO6S. The van der Waals surface area contributed by atoms with Crippen LogP contribution in [-0.4, -0.2) is 48.7 Å². The van der Waals surface area contributed by atoms with Crippen LogP contribution in [0.2, 0.25) is 0 Å². The molecule has 0 spiro atoms. The molecule has 214 valence electrons. The SMILES string of the molecule is COC(=O)CC1COc2cc(OCc3cccc(-c4c(C)cc(OCCNS(=O)CCCCl)cc4C)c3)ccc21. The van der Waals surface area contributed by atoms with Crippen molar-refractivity contribution in [2.75, 3.05) is 38.5 Å². The van der Waals surface area contributed by atoms with E-state index in [-0.39, 0.29) is 11.9 Å². The number of esters is 1. The van der Waals surface area contributed by atoms with Crippen molar-refractivity contribution >= 4 is 28.6 Å². The summed E-state index contributed by atoms with van der Waals surface area (Å²) in [7, 11) is 0.317. The van der Waals surface area contributed by atoms with Gasteiger partial charge in [-0.05, 0) is 72.4 Å². The van der Waals surface area contributed by atoms with Gasteiger partial charge in [-0.15, -0.1) is 11.6 Å². The van der Waals surface area contributed by atoms with Gasteiger partial charge >= 0.3 is 5.97 Å². The average molecular weight is 586 g/mol. The third kappa shape index (κ3) is 7.99. The number of halogens is 1. The van der Waals surface area contributed by atoms with E-state index in [4.69, 9.17) is 30.5 Å². The first-order valence-electron chi connectivity index (χ1n) is 13.4. The Kier molecular flexibility index (Phi) is 10.9. The highest BCUT2D eigenvalue weighted by Crippen LogP contribution is 2.38. The van der Waals surface area contributed by atoms with Crippen molar-refractivity contribution in [1.29, 1.82) is 0 Å². The van der Waals surface area contributed by atoms with Crippen molar-refractivity contribution in [3.63, 3.8) is 0 Å². The van der Waals surface area contributed by atoms with Gasteiger partial charge in [0.05, 0.1) is 31.1 Å². The molecule has 0 aromatic heterocycles. The molecule has 7 nitrogen and oxygen atoms in total. The molecule has 9 heteroatoms. The fourth-order valence-electron chi connectivity index (χ4n) is 4.83. The Hall–Kier alpha value is -3.07. The lowest BCUT2D eigenvalue weighted by Gasteiger charge is -2.15. The first kappa shape index (κ1) is 29.9. The first-order chi connectivity index (χ1) is 19.4. The summed E-state index contributed by atoms with van der Waals surface area (Å²) in [5.41, 5.74) is 6.56. The van der Waals surface area contributed by atoms with Gasteiger partial charge in [0.15, 0.2) is 0 Å². The molecule has 0 aliphatic carbocycles. The molecule has 0 bridgehead atoms. The minimum atomic E-state index is -1.08. The second kappa shape index (κ2) is 14.5. The number of benzene rings is 3. The molecule has 2 unspecified atom stereocenters. The van der Waals surface area contributed by atoms with Crippen LogP contribution in [0.3, 0.4) is 0 Å². The lowest BCUT2D eigenvalue weighted by molar-refractivity contribution is -0.141. The van der Waals surface area contributed by atoms with Crippen LogP contribution in [0.4, 0.5) is 0 Å². The number of rotatable bonds is 14. The zero-order valence-corrected chi connectivity index (χ0v) is 24.7. The molecule has 0 saturated heterocycles. The molecule has 3 aromatic carbocycles. The average Bonchev–Trinajstić information content (AvgIpc) is 3.34. The number of alkyl halides is 1. The van der Waals surface area contributed by atoms with E-state index in [1.54, 1.807) is 0 Å². The molecule has 1 heterocycles. The van der Waals surface area contributed by atoms with Crippen LogP contribution in [-0.2, 0) is 27.1 Å². The van der Waals surface area contributed by atoms with E-state index >= 15 is 0 Å². The molecule has 1 aliphatic rings. The van der Waals surface area contributed by atoms with Gasteiger partial charge in [0.25, 0.3) is 0 Å². The summed E-state index contributed by atoms with van der Waals surface area (Å²) >= 11 is 5.65. The van der Waals surface area contributed by atoms with Gasteiger partial charge in [-0.2, -0.15) is 0 Å². The minimum absolute atomic E-state index is 0.00452. The maximum atomic E-state index is 11.8. The van der Waals surface area contributed by atoms with E-state index in [2.05, 4.69) is 30.7 Å². The van der Waals surface area contributed by atoms with E-state index in [0.29, 0.717) is 50.2 Å². The monoisotopic (exact) mass is 585 g/mol. The number of nitrogens with one attached hydrogen (secondary N) is 1. The first-order valence-corrected chi connectivity index (χ1v) is 15.2. The van der Waals surface area contributed by atoms with Gasteiger partial charge in [0.1, 0.15) is 30.5 Å². The Balaban J connectivity index is 1.36.